The molecule has 0 saturated heterocycles. The van der Waals surface area contributed by atoms with Gasteiger partial charge in [0, 0.05) is 18.1 Å². The highest BCUT2D eigenvalue weighted by Crippen LogP contribution is 2.33. The third-order valence-corrected chi connectivity index (χ3v) is 7.12. The van der Waals surface area contributed by atoms with Crippen LogP contribution in [0, 0.1) is 12.8 Å². The number of methoxy groups -OCH3 is 1. The molecule has 0 unspecified atom stereocenters. The van der Waals surface area contributed by atoms with Crippen molar-refractivity contribution in [1.29, 1.82) is 0 Å². The molecular weight excluding hydrogens is 502 g/mol. The second kappa shape index (κ2) is 13.0. The van der Waals surface area contributed by atoms with Gasteiger partial charge >= 0.3 is 0 Å². The third-order valence-electron chi connectivity index (χ3n) is 5.76. The first-order valence-corrected chi connectivity index (χ1v) is 14.0. The van der Waals surface area contributed by atoms with Gasteiger partial charge in [0.2, 0.25) is 21.8 Å². The van der Waals surface area contributed by atoms with Gasteiger partial charge < -0.3 is 15.0 Å². The molecule has 0 bridgehead atoms. The number of hydrogen-bond acceptors (Lipinski definition) is 5. The Bertz CT molecular complexity index is 1170. The molecule has 2 amide bonds. The fourth-order valence-corrected chi connectivity index (χ4v) is 4.78. The molecule has 0 saturated carbocycles. The van der Waals surface area contributed by atoms with Gasteiger partial charge in [-0.3, -0.25) is 13.9 Å². The van der Waals surface area contributed by atoms with E-state index in [-0.39, 0.29) is 29.8 Å². The van der Waals surface area contributed by atoms with Crippen molar-refractivity contribution in [3.8, 4) is 5.75 Å². The number of carbonyl (C=O) groups excluding carboxylic acids is 2. The van der Waals surface area contributed by atoms with Crippen LogP contribution in [0.25, 0.3) is 0 Å². The van der Waals surface area contributed by atoms with Gasteiger partial charge in [-0.15, -0.1) is 0 Å². The van der Waals surface area contributed by atoms with E-state index in [1.54, 1.807) is 12.1 Å². The van der Waals surface area contributed by atoms with Crippen LogP contribution < -0.4 is 14.4 Å². The topological polar surface area (TPSA) is 96.0 Å². The molecule has 0 aliphatic rings. The number of carbonyl (C=O) groups is 2. The predicted molar refractivity (Wildman–Crippen MR) is 144 cm³/mol. The van der Waals surface area contributed by atoms with Crippen molar-refractivity contribution in [3.63, 3.8) is 0 Å². The summed E-state index contributed by atoms with van der Waals surface area (Å²) in [6, 6.07) is 11.4. The van der Waals surface area contributed by atoms with E-state index >= 15 is 0 Å². The maximum Gasteiger partial charge on any atom is 0.244 e. The van der Waals surface area contributed by atoms with Crippen molar-refractivity contribution in [3.05, 3.63) is 58.6 Å². The van der Waals surface area contributed by atoms with Crippen LogP contribution in [0.15, 0.2) is 42.5 Å². The quantitative estimate of drug-likeness (QED) is 0.441. The van der Waals surface area contributed by atoms with E-state index in [2.05, 4.69) is 5.32 Å². The number of sulfonamides is 1. The summed E-state index contributed by atoms with van der Waals surface area (Å²) < 4.78 is 31.9. The normalized spacial score (nSPS) is 12.2. The van der Waals surface area contributed by atoms with Gasteiger partial charge in [0.1, 0.15) is 18.3 Å². The molecule has 0 radical (unpaired) electrons. The maximum atomic E-state index is 13.8. The Hall–Kier alpha value is -2.78. The Labute approximate surface area is 219 Å². The zero-order valence-corrected chi connectivity index (χ0v) is 23.3. The molecule has 36 heavy (non-hydrogen) atoms. The number of amides is 2. The fraction of sp³-hybridized carbons (Fsp3) is 0.462. The standard InChI is InChI=1S/C26H36ClN3O5S/c1-7-22(26(32)28-15-18(2)3)29(16-20-11-9-8-10-19(20)4)25(31)17-30(36(6,33)34)23-14-21(27)12-13-24(23)35-5/h8-14,18,22H,7,15-17H2,1-6H3,(H,28,32)/t22-/m1/s1. The molecule has 10 heteroatoms. The summed E-state index contributed by atoms with van der Waals surface area (Å²) in [6.07, 6.45) is 1.37. The van der Waals surface area contributed by atoms with E-state index in [4.69, 9.17) is 16.3 Å². The molecule has 0 aliphatic heterocycles. The van der Waals surface area contributed by atoms with Crippen molar-refractivity contribution < 1.29 is 22.7 Å². The van der Waals surface area contributed by atoms with Crippen molar-refractivity contribution in [2.75, 3.05) is 30.8 Å². The largest absolute Gasteiger partial charge is 0.495 e. The number of rotatable bonds is 12. The van der Waals surface area contributed by atoms with E-state index in [0.29, 0.717) is 18.0 Å². The highest BCUT2D eigenvalue weighted by molar-refractivity contribution is 7.92. The average Bonchev–Trinajstić information content (AvgIpc) is 2.81. The Morgan fingerprint density at radius 1 is 1.14 bits per heavy atom. The number of ether oxygens (including phenoxy) is 1. The monoisotopic (exact) mass is 537 g/mol. The summed E-state index contributed by atoms with van der Waals surface area (Å²) in [4.78, 5) is 28.4. The minimum Gasteiger partial charge on any atom is -0.495 e. The molecule has 0 spiro atoms. The number of nitrogens with zero attached hydrogens (tertiary/aromatic N) is 2. The zero-order valence-electron chi connectivity index (χ0n) is 21.7. The molecule has 1 N–H and O–H groups in total. The molecule has 0 fully saturated rings. The second-order valence-electron chi connectivity index (χ2n) is 9.10. The van der Waals surface area contributed by atoms with E-state index in [0.717, 1.165) is 21.7 Å². The summed E-state index contributed by atoms with van der Waals surface area (Å²) >= 11 is 6.14. The van der Waals surface area contributed by atoms with Gasteiger partial charge in [-0.1, -0.05) is 56.6 Å². The van der Waals surface area contributed by atoms with Crippen LogP contribution in [0.2, 0.25) is 5.02 Å². The van der Waals surface area contributed by atoms with Gasteiger partial charge in [-0.05, 0) is 48.6 Å². The number of halogens is 1. The molecule has 0 heterocycles. The first-order valence-electron chi connectivity index (χ1n) is 11.8. The smallest absolute Gasteiger partial charge is 0.244 e. The van der Waals surface area contributed by atoms with Gasteiger partial charge in [0.25, 0.3) is 0 Å². The van der Waals surface area contributed by atoms with Crippen LogP contribution in [0.1, 0.15) is 38.3 Å². The SMILES string of the molecule is CC[C@H](C(=O)NCC(C)C)N(Cc1ccccc1C)C(=O)CN(c1cc(Cl)ccc1OC)S(C)(=O)=O. The lowest BCUT2D eigenvalue weighted by Crippen LogP contribution is -2.52. The Kier molecular flexibility index (Phi) is 10.6. The van der Waals surface area contributed by atoms with Crippen LogP contribution >= 0.6 is 11.6 Å². The molecule has 2 aromatic carbocycles. The van der Waals surface area contributed by atoms with Gasteiger partial charge in [-0.2, -0.15) is 0 Å². The Balaban J connectivity index is 2.51. The second-order valence-corrected chi connectivity index (χ2v) is 11.4. The summed E-state index contributed by atoms with van der Waals surface area (Å²) in [5, 5.41) is 3.20. The molecule has 0 aliphatic carbocycles. The lowest BCUT2D eigenvalue weighted by molar-refractivity contribution is -0.140. The van der Waals surface area contributed by atoms with E-state index in [9.17, 15) is 18.0 Å². The van der Waals surface area contributed by atoms with E-state index in [1.807, 2.05) is 52.0 Å². The number of hydrogen-bond donors (Lipinski definition) is 1. The van der Waals surface area contributed by atoms with Crippen molar-refractivity contribution >= 4 is 39.1 Å². The van der Waals surface area contributed by atoms with Crippen LogP contribution in [-0.2, 0) is 26.2 Å². The van der Waals surface area contributed by atoms with Crippen LogP contribution in [0.5, 0.6) is 5.75 Å². The molecule has 2 rings (SSSR count). The zero-order chi connectivity index (χ0) is 27.0. The summed E-state index contributed by atoms with van der Waals surface area (Å²) in [5.41, 5.74) is 1.98. The number of anilines is 1. The molecule has 2 aromatic rings. The molecule has 0 aromatic heterocycles. The minimum atomic E-state index is -3.90. The van der Waals surface area contributed by atoms with Crippen LogP contribution in [0.3, 0.4) is 0 Å². The molecule has 1 atom stereocenters. The van der Waals surface area contributed by atoms with Crippen molar-refractivity contribution in [1.82, 2.24) is 10.2 Å². The summed E-state index contributed by atoms with van der Waals surface area (Å²) in [5.74, 6) is -0.301. The number of aryl methyl sites for hydroxylation is 1. The lowest BCUT2D eigenvalue weighted by Gasteiger charge is -2.33. The van der Waals surface area contributed by atoms with Crippen molar-refractivity contribution in [2.24, 2.45) is 5.92 Å². The molecule has 8 nitrogen and oxygen atoms in total. The highest BCUT2D eigenvalue weighted by Gasteiger charge is 2.32. The summed E-state index contributed by atoms with van der Waals surface area (Å²) in [7, 11) is -2.50. The van der Waals surface area contributed by atoms with Gasteiger partial charge in [0.05, 0.1) is 19.1 Å². The average molecular weight is 538 g/mol. The highest BCUT2D eigenvalue weighted by atomic mass is 35.5. The van der Waals surface area contributed by atoms with E-state index in [1.165, 1.54) is 18.1 Å². The maximum absolute atomic E-state index is 13.8. The summed E-state index contributed by atoms with van der Waals surface area (Å²) in [6.45, 7) is 7.83. The minimum absolute atomic E-state index is 0.147. The Morgan fingerprint density at radius 2 is 1.81 bits per heavy atom. The predicted octanol–water partition coefficient (Wildman–Crippen LogP) is 4.00. The number of benzene rings is 2. The van der Waals surface area contributed by atoms with Gasteiger partial charge in [-0.25, -0.2) is 8.42 Å². The Morgan fingerprint density at radius 3 is 2.36 bits per heavy atom. The molecular formula is C26H36ClN3O5S. The first-order chi connectivity index (χ1) is 16.9. The third kappa shape index (κ3) is 7.86. The first kappa shape index (κ1) is 29.5. The van der Waals surface area contributed by atoms with Crippen LogP contribution in [0.4, 0.5) is 5.69 Å². The van der Waals surface area contributed by atoms with Crippen LogP contribution in [-0.4, -0.2) is 57.6 Å². The van der Waals surface area contributed by atoms with Crippen molar-refractivity contribution in [2.45, 2.75) is 46.7 Å². The lowest BCUT2D eigenvalue weighted by atomic mass is 10.1. The van der Waals surface area contributed by atoms with Gasteiger partial charge in [0.15, 0.2) is 0 Å². The fourth-order valence-electron chi connectivity index (χ4n) is 3.77. The molecule has 198 valence electrons. The van der Waals surface area contributed by atoms with E-state index < -0.39 is 28.5 Å². The number of nitrogens with one attached hydrogen (secondary N) is 1.